The van der Waals surface area contributed by atoms with E-state index >= 15 is 0 Å². The molecule has 0 amide bonds. The molecule has 0 saturated heterocycles. The molecule has 0 N–H and O–H groups in total. The fourth-order valence-electron chi connectivity index (χ4n) is 2.76. The van der Waals surface area contributed by atoms with Gasteiger partial charge in [-0.3, -0.25) is 0 Å². The van der Waals surface area contributed by atoms with Gasteiger partial charge in [-0.25, -0.2) is 0 Å². The first-order chi connectivity index (χ1) is 11.9. The van der Waals surface area contributed by atoms with E-state index in [4.69, 9.17) is 4.74 Å². The van der Waals surface area contributed by atoms with Crippen LogP contribution < -0.4 is 9.47 Å². The molecule has 0 fully saturated rings. The van der Waals surface area contributed by atoms with Gasteiger partial charge in [0.05, 0.1) is 7.11 Å². The molecule has 0 saturated carbocycles. The summed E-state index contributed by atoms with van der Waals surface area (Å²) >= 11 is 0. The zero-order valence-electron chi connectivity index (χ0n) is 14.5. The van der Waals surface area contributed by atoms with Crippen LogP contribution in [-0.4, -0.2) is 13.5 Å². The summed E-state index contributed by atoms with van der Waals surface area (Å²) in [5.74, 6) is 0.534. The van der Waals surface area contributed by atoms with E-state index in [-0.39, 0.29) is 5.75 Å². The van der Waals surface area contributed by atoms with Crippen LogP contribution in [0.15, 0.2) is 54.1 Å². The highest BCUT2D eigenvalue weighted by molar-refractivity contribution is 5.82. The van der Waals surface area contributed by atoms with Crippen molar-refractivity contribution in [1.29, 1.82) is 0 Å². The summed E-state index contributed by atoms with van der Waals surface area (Å²) in [6.07, 6.45) is -2.97. The summed E-state index contributed by atoms with van der Waals surface area (Å²) < 4.78 is 46.1. The Balaban J connectivity index is 2.44. The van der Waals surface area contributed by atoms with Gasteiger partial charge in [-0.1, -0.05) is 43.7 Å². The normalized spacial score (nSPS) is 11.1. The molecule has 2 rings (SSSR count). The Kier molecular flexibility index (Phi) is 6.12. The average molecular weight is 350 g/mol. The van der Waals surface area contributed by atoms with E-state index in [2.05, 4.69) is 18.6 Å². The summed E-state index contributed by atoms with van der Waals surface area (Å²) in [6.45, 7) is 4.15. The van der Waals surface area contributed by atoms with Crippen LogP contribution in [0.1, 0.15) is 37.8 Å². The highest BCUT2D eigenvalue weighted by atomic mass is 19.4. The second kappa shape index (κ2) is 8.10. The van der Waals surface area contributed by atoms with Crippen molar-refractivity contribution in [3.63, 3.8) is 0 Å². The standard InChI is InChI=1S/C20H21F3O2/c1-4-14(5-2)19(15-6-10-17(24-3)11-7-15)16-8-12-18(13-9-16)25-20(21,22)23/h6-13H,4-5H2,1-3H3. The number of alkyl halides is 3. The van der Waals surface area contributed by atoms with Gasteiger partial charge in [-0.15, -0.1) is 13.2 Å². The quantitative estimate of drug-likeness (QED) is 0.616. The third-order valence-electron chi connectivity index (χ3n) is 3.96. The van der Waals surface area contributed by atoms with E-state index in [0.717, 1.165) is 35.3 Å². The van der Waals surface area contributed by atoms with Crippen molar-refractivity contribution in [3.8, 4) is 11.5 Å². The first-order valence-electron chi connectivity index (χ1n) is 8.10. The van der Waals surface area contributed by atoms with E-state index < -0.39 is 6.36 Å². The molecule has 0 radical (unpaired) electrons. The largest absolute Gasteiger partial charge is 0.573 e. The maximum Gasteiger partial charge on any atom is 0.573 e. The van der Waals surface area contributed by atoms with Crippen LogP contribution in [-0.2, 0) is 0 Å². The van der Waals surface area contributed by atoms with Gasteiger partial charge >= 0.3 is 6.36 Å². The van der Waals surface area contributed by atoms with E-state index in [1.54, 1.807) is 19.2 Å². The summed E-state index contributed by atoms with van der Waals surface area (Å²) in [5, 5.41) is 0. The molecule has 0 atom stereocenters. The number of benzene rings is 2. The van der Waals surface area contributed by atoms with Crippen molar-refractivity contribution in [2.24, 2.45) is 0 Å². The Bertz CT molecular complexity index is 708. The molecule has 0 spiro atoms. The molecule has 0 aliphatic heterocycles. The Hall–Kier alpha value is -2.43. The predicted molar refractivity (Wildman–Crippen MR) is 92.7 cm³/mol. The molecule has 0 heterocycles. The molecule has 0 aliphatic rings. The Labute approximate surface area is 145 Å². The minimum Gasteiger partial charge on any atom is -0.497 e. The van der Waals surface area contributed by atoms with Crippen LogP contribution in [0.4, 0.5) is 13.2 Å². The lowest BCUT2D eigenvalue weighted by Gasteiger charge is -2.16. The minimum absolute atomic E-state index is 0.222. The maximum absolute atomic E-state index is 12.3. The lowest BCUT2D eigenvalue weighted by atomic mass is 9.90. The van der Waals surface area contributed by atoms with Crippen LogP contribution >= 0.6 is 0 Å². The first kappa shape index (κ1) is 18.9. The van der Waals surface area contributed by atoms with Crippen molar-refractivity contribution in [3.05, 3.63) is 65.2 Å². The van der Waals surface area contributed by atoms with Crippen LogP contribution in [0.2, 0.25) is 0 Å². The van der Waals surface area contributed by atoms with Crippen LogP contribution in [0.5, 0.6) is 11.5 Å². The highest BCUT2D eigenvalue weighted by Gasteiger charge is 2.31. The summed E-state index contributed by atoms with van der Waals surface area (Å²) in [7, 11) is 1.61. The van der Waals surface area contributed by atoms with Crippen molar-refractivity contribution in [2.45, 2.75) is 33.1 Å². The summed E-state index contributed by atoms with van der Waals surface area (Å²) in [6, 6.07) is 13.7. The van der Waals surface area contributed by atoms with Crippen molar-refractivity contribution in [1.82, 2.24) is 0 Å². The Morgan fingerprint density at radius 1 is 0.800 bits per heavy atom. The zero-order valence-corrected chi connectivity index (χ0v) is 14.5. The van der Waals surface area contributed by atoms with E-state index in [1.807, 2.05) is 24.3 Å². The lowest BCUT2D eigenvalue weighted by Crippen LogP contribution is -2.17. The zero-order chi connectivity index (χ0) is 18.4. The maximum atomic E-state index is 12.3. The fourth-order valence-corrected chi connectivity index (χ4v) is 2.76. The van der Waals surface area contributed by atoms with Gasteiger partial charge in [0, 0.05) is 0 Å². The van der Waals surface area contributed by atoms with Crippen LogP contribution in [0, 0.1) is 0 Å². The molecular weight excluding hydrogens is 329 g/mol. The van der Waals surface area contributed by atoms with Crippen molar-refractivity contribution in [2.75, 3.05) is 7.11 Å². The van der Waals surface area contributed by atoms with Gasteiger partial charge in [0.15, 0.2) is 0 Å². The van der Waals surface area contributed by atoms with E-state index in [0.29, 0.717) is 0 Å². The smallest absolute Gasteiger partial charge is 0.497 e. The Morgan fingerprint density at radius 2 is 1.24 bits per heavy atom. The van der Waals surface area contributed by atoms with Crippen LogP contribution in [0.3, 0.4) is 0 Å². The third-order valence-corrected chi connectivity index (χ3v) is 3.96. The van der Waals surface area contributed by atoms with E-state index in [9.17, 15) is 13.2 Å². The van der Waals surface area contributed by atoms with E-state index in [1.165, 1.54) is 17.7 Å². The van der Waals surface area contributed by atoms with Gasteiger partial charge < -0.3 is 9.47 Å². The number of ether oxygens (including phenoxy) is 2. The second-order valence-electron chi connectivity index (χ2n) is 5.49. The highest BCUT2D eigenvalue weighted by Crippen LogP contribution is 2.33. The molecule has 2 nitrogen and oxygen atoms in total. The number of allylic oxidation sites excluding steroid dienone is 1. The summed E-state index contributed by atoms with van der Waals surface area (Å²) in [4.78, 5) is 0. The number of hydrogen-bond acceptors (Lipinski definition) is 2. The van der Waals surface area contributed by atoms with Gasteiger partial charge in [0.2, 0.25) is 0 Å². The molecule has 0 aliphatic carbocycles. The number of hydrogen-bond donors (Lipinski definition) is 0. The van der Waals surface area contributed by atoms with Gasteiger partial charge in [0.1, 0.15) is 11.5 Å². The second-order valence-corrected chi connectivity index (χ2v) is 5.49. The topological polar surface area (TPSA) is 18.5 Å². The van der Waals surface area contributed by atoms with Gasteiger partial charge in [0.25, 0.3) is 0 Å². The summed E-state index contributed by atoms with van der Waals surface area (Å²) in [5.41, 5.74) is 4.13. The number of rotatable bonds is 6. The molecule has 0 aromatic heterocycles. The molecular formula is C20H21F3O2. The van der Waals surface area contributed by atoms with Crippen molar-refractivity contribution >= 4 is 5.57 Å². The molecule has 2 aromatic carbocycles. The van der Waals surface area contributed by atoms with Gasteiger partial charge in [-0.05, 0) is 53.8 Å². The van der Waals surface area contributed by atoms with Gasteiger partial charge in [-0.2, -0.15) is 0 Å². The monoisotopic (exact) mass is 350 g/mol. The number of methoxy groups -OCH3 is 1. The molecule has 5 heteroatoms. The first-order valence-corrected chi connectivity index (χ1v) is 8.10. The third kappa shape index (κ3) is 5.02. The molecule has 0 unspecified atom stereocenters. The van der Waals surface area contributed by atoms with Crippen LogP contribution in [0.25, 0.3) is 5.57 Å². The fraction of sp³-hybridized carbons (Fsp3) is 0.300. The molecule has 134 valence electrons. The molecule has 0 bridgehead atoms. The number of halogens is 3. The molecule has 2 aromatic rings. The molecule has 25 heavy (non-hydrogen) atoms. The predicted octanol–water partition coefficient (Wildman–Crippen LogP) is 6.22. The average Bonchev–Trinajstić information content (AvgIpc) is 2.59. The van der Waals surface area contributed by atoms with Crippen molar-refractivity contribution < 1.29 is 22.6 Å². The lowest BCUT2D eigenvalue weighted by molar-refractivity contribution is -0.274. The minimum atomic E-state index is -4.69. The Morgan fingerprint density at radius 3 is 1.60 bits per heavy atom. The SMILES string of the molecule is CCC(CC)=C(c1ccc(OC)cc1)c1ccc(OC(F)(F)F)cc1.